The number of nitrogens with zero attached hydrogens (tertiary/aromatic N) is 1. The van der Waals surface area contributed by atoms with E-state index in [1.165, 1.54) is 4.31 Å². The standard InChI is InChI=1S/C23H29ClN2O4S/c1-3-21(26(31(2,28)29)20-11-9-19(24)10-12-20)22(27)25-17-23(13-15-30-16-14-23)18-7-5-4-6-8-18/h4-12,21H,3,13-17H2,1-2H3,(H,25,27). The molecule has 1 N–H and O–H groups in total. The van der Waals surface area contributed by atoms with E-state index in [0.29, 0.717) is 36.9 Å². The van der Waals surface area contributed by atoms with E-state index in [1.54, 1.807) is 31.2 Å². The average Bonchev–Trinajstić information content (AvgIpc) is 2.77. The second kappa shape index (κ2) is 10.0. The number of rotatable bonds is 8. The van der Waals surface area contributed by atoms with E-state index >= 15 is 0 Å². The molecule has 1 unspecified atom stereocenters. The Morgan fingerprint density at radius 2 is 1.74 bits per heavy atom. The van der Waals surface area contributed by atoms with Crippen molar-refractivity contribution >= 4 is 33.2 Å². The number of hydrogen-bond acceptors (Lipinski definition) is 4. The summed E-state index contributed by atoms with van der Waals surface area (Å²) in [5.74, 6) is -0.315. The summed E-state index contributed by atoms with van der Waals surface area (Å²) in [6.07, 6.45) is 3.03. The Labute approximate surface area is 189 Å². The number of halogens is 1. The van der Waals surface area contributed by atoms with Gasteiger partial charge in [-0.3, -0.25) is 9.10 Å². The Morgan fingerprint density at radius 1 is 1.13 bits per heavy atom. The molecule has 8 heteroatoms. The van der Waals surface area contributed by atoms with E-state index in [1.807, 2.05) is 18.2 Å². The quantitative estimate of drug-likeness (QED) is 0.645. The van der Waals surface area contributed by atoms with Crippen LogP contribution in [0.3, 0.4) is 0 Å². The van der Waals surface area contributed by atoms with Crippen LogP contribution in [-0.4, -0.2) is 46.4 Å². The summed E-state index contributed by atoms with van der Waals surface area (Å²) in [5.41, 5.74) is 1.34. The Balaban J connectivity index is 1.84. The Bertz CT molecular complexity index is 974. The molecular formula is C23H29ClN2O4S. The fourth-order valence-corrected chi connectivity index (χ4v) is 5.48. The second-order valence-corrected chi connectivity index (χ2v) is 10.2. The van der Waals surface area contributed by atoms with Gasteiger partial charge in [0.15, 0.2) is 0 Å². The first-order valence-electron chi connectivity index (χ1n) is 10.4. The van der Waals surface area contributed by atoms with Crippen molar-refractivity contribution in [2.45, 2.75) is 37.6 Å². The molecular weight excluding hydrogens is 436 g/mol. The van der Waals surface area contributed by atoms with Crippen LogP contribution < -0.4 is 9.62 Å². The highest BCUT2D eigenvalue weighted by molar-refractivity contribution is 7.92. The predicted octanol–water partition coefficient (Wildman–Crippen LogP) is 3.75. The fourth-order valence-electron chi connectivity index (χ4n) is 4.14. The molecule has 1 heterocycles. The van der Waals surface area contributed by atoms with Crippen molar-refractivity contribution < 1.29 is 17.9 Å². The summed E-state index contributed by atoms with van der Waals surface area (Å²) in [7, 11) is -3.69. The number of carbonyl (C=O) groups excluding carboxylic acids is 1. The lowest BCUT2D eigenvalue weighted by atomic mass is 9.74. The molecule has 1 amide bonds. The van der Waals surface area contributed by atoms with Crippen LogP contribution in [0.15, 0.2) is 54.6 Å². The van der Waals surface area contributed by atoms with Crippen molar-refractivity contribution in [2.24, 2.45) is 0 Å². The molecule has 2 aromatic rings. The molecule has 0 bridgehead atoms. The highest BCUT2D eigenvalue weighted by atomic mass is 35.5. The summed E-state index contributed by atoms with van der Waals surface area (Å²) >= 11 is 5.96. The fraction of sp³-hybridized carbons (Fsp3) is 0.435. The van der Waals surface area contributed by atoms with Crippen LogP contribution in [0.25, 0.3) is 0 Å². The maximum Gasteiger partial charge on any atom is 0.243 e. The van der Waals surface area contributed by atoms with Gasteiger partial charge in [0.1, 0.15) is 6.04 Å². The first kappa shape index (κ1) is 23.6. The molecule has 0 aliphatic carbocycles. The van der Waals surface area contributed by atoms with Crippen molar-refractivity contribution in [2.75, 3.05) is 30.3 Å². The monoisotopic (exact) mass is 464 g/mol. The zero-order valence-electron chi connectivity index (χ0n) is 17.9. The van der Waals surface area contributed by atoms with Gasteiger partial charge in [-0.1, -0.05) is 48.9 Å². The zero-order valence-corrected chi connectivity index (χ0v) is 19.5. The van der Waals surface area contributed by atoms with E-state index in [2.05, 4.69) is 17.4 Å². The van der Waals surface area contributed by atoms with Gasteiger partial charge in [0.2, 0.25) is 15.9 Å². The van der Waals surface area contributed by atoms with Gasteiger partial charge in [0.05, 0.1) is 11.9 Å². The summed E-state index contributed by atoms with van der Waals surface area (Å²) < 4.78 is 32.0. The van der Waals surface area contributed by atoms with E-state index in [4.69, 9.17) is 16.3 Å². The Hall–Kier alpha value is -2.09. The first-order chi connectivity index (χ1) is 14.8. The molecule has 2 aromatic carbocycles. The normalized spacial score (nSPS) is 17.0. The van der Waals surface area contributed by atoms with Gasteiger partial charge in [0, 0.05) is 30.2 Å². The van der Waals surface area contributed by atoms with Gasteiger partial charge < -0.3 is 10.1 Å². The van der Waals surface area contributed by atoms with Crippen LogP contribution in [0.1, 0.15) is 31.7 Å². The van der Waals surface area contributed by atoms with Crippen LogP contribution in [-0.2, 0) is 25.0 Å². The van der Waals surface area contributed by atoms with Crippen molar-refractivity contribution in [1.82, 2.24) is 5.32 Å². The van der Waals surface area contributed by atoms with Crippen LogP contribution >= 0.6 is 11.6 Å². The predicted molar refractivity (Wildman–Crippen MR) is 124 cm³/mol. The maximum atomic E-state index is 13.2. The highest BCUT2D eigenvalue weighted by Crippen LogP contribution is 2.34. The van der Waals surface area contributed by atoms with Crippen molar-refractivity contribution in [3.8, 4) is 0 Å². The third kappa shape index (κ3) is 5.59. The van der Waals surface area contributed by atoms with Crippen LogP contribution in [0.2, 0.25) is 5.02 Å². The zero-order chi connectivity index (χ0) is 22.5. The topological polar surface area (TPSA) is 75.7 Å². The maximum absolute atomic E-state index is 13.2. The lowest BCUT2D eigenvalue weighted by molar-refractivity contribution is -0.122. The molecule has 1 saturated heterocycles. The number of nitrogens with one attached hydrogen (secondary N) is 1. The second-order valence-electron chi connectivity index (χ2n) is 7.94. The minimum absolute atomic E-state index is 0.232. The number of anilines is 1. The smallest absolute Gasteiger partial charge is 0.243 e. The van der Waals surface area contributed by atoms with Gasteiger partial charge in [-0.2, -0.15) is 0 Å². The summed E-state index contributed by atoms with van der Waals surface area (Å²) in [5, 5.41) is 3.55. The Kier molecular flexibility index (Phi) is 7.62. The van der Waals surface area contributed by atoms with Crippen LogP contribution in [0.5, 0.6) is 0 Å². The number of carbonyl (C=O) groups is 1. The molecule has 1 atom stereocenters. The molecule has 1 aliphatic rings. The number of benzene rings is 2. The van der Waals surface area contributed by atoms with E-state index < -0.39 is 16.1 Å². The van der Waals surface area contributed by atoms with Gasteiger partial charge in [0.25, 0.3) is 0 Å². The number of hydrogen-bond donors (Lipinski definition) is 1. The van der Waals surface area contributed by atoms with Gasteiger partial charge in [-0.05, 0) is 49.1 Å². The Morgan fingerprint density at radius 3 is 2.29 bits per heavy atom. The minimum atomic E-state index is -3.69. The lowest BCUT2D eigenvalue weighted by Crippen LogP contribution is -2.52. The number of ether oxygens (including phenoxy) is 1. The first-order valence-corrected chi connectivity index (χ1v) is 12.7. The molecule has 1 fully saturated rings. The molecule has 0 spiro atoms. The van der Waals surface area contributed by atoms with Crippen molar-refractivity contribution in [1.29, 1.82) is 0 Å². The summed E-state index contributed by atoms with van der Waals surface area (Å²) in [6, 6.07) is 15.7. The summed E-state index contributed by atoms with van der Waals surface area (Å²) in [6.45, 7) is 3.48. The minimum Gasteiger partial charge on any atom is -0.381 e. The molecule has 0 radical (unpaired) electrons. The third-order valence-electron chi connectivity index (χ3n) is 5.85. The van der Waals surface area contributed by atoms with Crippen LogP contribution in [0.4, 0.5) is 5.69 Å². The molecule has 168 valence electrons. The SMILES string of the molecule is CCC(C(=O)NCC1(c2ccccc2)CCOCC1)N(c1ccc(Cl)cc1)S(C)(=O)=O. The van der Waals surface area contributed by atoms with Crippen LogP contribution in [0, 0.1) is 0 Å². The average molecular weight is 465 g/mol. The van der Waals surface area contributed by atoms with Gasteiger partial charge in [-0.15, -0.1) is 0 Å². The van der Waals surface area contributed by atoms with Gasteiger partial charge in [-0.25, -0.2) is 8.42 Å². The van der Waals surface area contributed by atoms with E-state index in [9.17, 15) is 13.2 Å². The summed E-state index contributed by atoms with van der Waals surface area (Å²) in [4.78, 5) is 13.2. The third-order valence-corrected chi connectivity index (χ3v) is 7.28. The van der Waals surface area contributed by atoms with Crippen molar-refractivity contribution in [3.63, 3.8) is 0 Å². The largest absolute Gasteiger partial charge is 0.381 e. The molecule has 0 aromatic heterocycles. The van der Waals surface area contributed by atoms with E-state index in [-0.39, 0.29) is 11.3 Å². The molecule has 6 nitrogen and oxygen atoms in total. The molecule has 31 heavy (non-hydrogen) atoms. The van der Waals surface area contributed by atoms with Crippen molar-refractivity contribution in [3.05, 3.63) is 65.2 Å². The molecule has 0 saturated carbocycles. The van der Waals surface area contributed by atoms with Gasteiger partial charge >= 0.3 is 0 Å². The number of amides is 1. The molecule has 1 aliphatic heterocycles. The highest BCUT2D eigenvalue weighted by Gasteiger charge is 2.37. The van der Waals surface area contributed by atoms with E-state index in [0.717, 1.165) is 24.7 Å². The number of sulfonamides is 1. The molecule has 3 rings (SSSR count). The lowest BCUT2D eigenvalue weighted by Gasteiger charge is -2.39.